The Morgan fingerprint density at radius 2 is 1.41 bits per heavy atom. The van der Waals surface area contributed by atoms with Crippen LogP contribution in [0.3, 0.4) is 0 Å². The van der Waals surface area contributed by atoms with Crippen LogP contribution in [0.4, 0.5) is 15.9 Å². The number of benzene rings is 4. The van der Waals surface area contributed by atoms with Crippen molar-refractivity contribution in [3.63, 3.8) is 0 Å². The molecule has 3 heterocycles. The molecule has 46 heavy (non-hydrogen) atoms. The van der Waals surface area contributed by atoms with E-state index in [4.69, 9.17) is 4.74 Å². The minimum Gasteiger partial charge on any atom is -0.378 e. The highest BCUT2D eigenvalue weighted by Gasteiger charge is 2.37. The third kappa shape index (κ3) is 5.55. The number of nitrogens with zero attached hydrogens (tertiary/aromatic N) is 3. The number of nitrogens with one attached hydrogen (secondary N) is 3. The molecule has 7 rings (SSSR count). The summed E-state index contributed by atoms with van der Waals surface area (Å²) in [7, 11) is 0. The van der Waals surface area contributed by atoms with E-state index < -0.39 is 11.4 Å². The van der Waals surface area contributed by atoms with Crippen molar-refractivity contribution in [3.05, 3.63) is 167 Å². The number of H-pyrrole nitrogens is 1. The van der Waals surface area contributed by atoms with E-state index in [9.17, 15) is 5.41 Å². The lowest BCUT2D eigenvalue weighted by Crippen LogP contribution is -2.38. The second-order valence-corrected chi connectivity index (χ2v) is 11.2. The molecule has 7 nitrogen and oxygen atoms in total. The van der Waals surface area contributed by atoms with Crippen LogP contribution in [0.1, 0.15) is 27.8 Å². The summed E-state index contributed by atoms with van der Waals surface area (Å²) < 4.78 is 21.7. The van der Waals surface area contributed by atoms with Gasteiger partial charge < -0.3 is 15.0 Å². The number of ether oxygens (including phenoxy) is 1. The summed E-state index contributed by atoms with van der Waals surface area (Å²) >= 11 is 0. The molecule has 1 fully saturated rings. The third-order valence-corrected chi connectivity index (χ3v) is 8.47. The van der Waals surface area contributed by atoms with E-state index >= 15 is 4.39 Å². The quantitative estimate of drug-likeness (QED) is 0.119. The molecule has 1 aliphatic rings. The Morgan fingerprint density at radius 1 is 0.804 bits per heavy atom. The number of aromatic amines is 1. The van der Waals surface area contributed by atoms with Crippen LogP contribution in [-0.2, 0) is 10.3 Å². The predicted octanol–water partition coefficient (Wildman–Crippen LogP) is 7.27. The van der Waals surface area contributed by atoms with Crippen molar-refractivity contribution in [2.45, 2.75) is 5.54 Å². The summed E-state index contributed by atoms with van der Waals surface area (Å²) in [6.45, 7) is 2.71. The van der Waals surface area contributed by atoms with Crippen LogP contribution in [0.5, 0.6) is 0 Å². The van der Waals surface area contributed by atoms with E-state index in [1.807, 2.05) is 66.7 Å². The van der Waals surface area contributed by atoms with Gasteiger partial charge in [-0.15, -0.1) is 0 Å². The van der Waals surface area contributed by atoms with Gasteiger partial charge in [-0.1, -0.05) is 91.0 Å². The lowest BCUT2D eigenvalue weighted by atomic mass is 9.76. The molecule has 2 aromatic heterocycles. The van der Waals surface area contributed by atoms with Crippen molar-refractivity contribution >= 4 is 17.2 Å². The largest absolute Gasteiger partial charge is 0.378 e. The van der Waals surface area contributed by atoms with E-state index in [1.54, 1.807) is 24.5 Å². The molecule has 1 aliphatic heterocycles. The zero-order chi connectivity index (χ0) is 31.3. The molecule has 6 aromatic rings. The summed E-state index contributed by atoms with van der Waals surface area (Å²) in [6, 6.07) is 39.1. The number of pyridine rings is 1. The minimum atomic E-state index is -0.920. The van der Waals surface area contributed by atoms with Crippen molar-refractivity contribution < 1.29 is 9.13 Å². The molecule has 0 amide bonds. The fraction of sp³-hybridized carbons (Fsp3) is 0.132. The van der Waals surface area contributed by atoms with Crippen molar-refractivity contribution in [1.82, 2.24) is 15.2 Å². The maximum atomic E-state index is 16.2. The monoisotopic (exact) mass is 608 g/mol. The lowest BCUT2D eigenvalue weighted by molar-refractivity contribution is 0.122. The van der Waals surface area contributed by atoms with Gasteiger partial charge in [-0.05, 0) is 47.0 Å². The van der Waals surface area contributed by atoms with Gasteiger partial charge in [0, 0.05) is 47.9 Å². The van der Waals surface area contributed by atoms with Crippen molar-refractivity contribution in [2.75, 3.05) is 36.5 Å². The SMILES string of the molecule is N=C(c1ccnc(N2CCOCC2)c1)c1cc(-c2cc[nH]n2)c(F)cc1NC(c1ccccc1)(c1ccccc1)c1ccccc1. The maximum Gasteiger partial charge on any atom is 0.134 e. The van der Waals surface area contributed by atoms with Gasteiger partial charge in [0.2, 0.25) is 0 Å². The number of hydrogen-bond acceptors (Lipinski definition) is 6. The van der Waals surface area contributed by atoms with E-state index in [2.05, 4.69) is 61.8 Å². The Kier molecular flexibility index (Phi) is 8.10. The summed E-state index contributed by atoms with van der Waals surface area (Å²) in [5.74, 6) is 0.333. The van der Waals surface area contributed by atoms with E-state index in [-0.39, 0.29) is 5.71 Å². The van der Waals surface area contributed by atoms with Crippen molar-refractivity contribution in [2.24, 2.45) is 0 Å². The van der Waals surface area contributed by atoms with Gasteiger partial charge in [-0.25, -0.2) is 9.37 Å². The Morgan fingerprint density at radius 3 is 1.98 bits per heavy atom. The third-order valence-electron chi connectivity index (χ3n) is 8.47. The summed E-state index contributed by atoms with van der Waals surface area (Å²) in [4.78, 5) is 6.75. The van der Waals surface area contributed by atoms with Crippen LogP contribution in [0, 0.1) is 11.2 Å². The van der Waals surface area contributed by atoms with Gasteiger partial charge in [-0.2, -0.15) is 5.10 Å². The van der Waals surface area contributed by atoms with Crippen molar-refractivity contribution in [1.29, 1.82) is 5.41 Å². The molecule has 3 N–H and O–H groups in total. The molecule has 8 heteroatoms. The Labute approximate surface area is 267 Å². The van der Waals surface area contributed by atoms with Crippen molar-refractivity contribution in [3.8, 4) is 11.3 Å². The Hall–Kier alpha value is -5.60. The number of halogens is 1. The predicted molar refractivity (Wildman–Crippen MR) is 180 cm³/mol. The van der Waals surface area contributed by atoms with E-state index in [1.165, 1.54) is 6.07 Å². The standard InChI is InChI=1S/C38H33FN6O/c39-33-26-35(43-38(28-10-4-1-5-11-28,29-12-6-2-7-13-29)30-14-8-3-9-15-30)32(25-31(33)34-17-19-42-44-34)37(40)27-16-18-41-36(24-27)45-20-22-46-23-21-45/h1-19,24-26,40,43H,20-23H2,(H,42,44). The molecule has 4 aromatic carbocycles. The average molecular weight is 609 g/mol. The van der Waals surface area contributed by atoms with Gasteiger partial charge in [0.15, 0.2) is 0 Å². The smallest absolute Gasteiger partial charge is 0.134 e. The highest BCUT2D eigenvalue weighted by molar-refractivity contribution is 6.15. The second kappa shape index (κ2) is 12.8. The fourth-order valence-corrected chi connectivity index (χ4v) is 6.17. The molecule has 0 bridgehead atoms. The molecule has 0 aliphatic carbocycles. The van der Waals surface area contributed by atoms with Crippen LogP contribution in [0.25, 0.3) is 11.3 Å². The number of anilines is 2. The normalized spacial score (nSPS) is 13.4. The molecular weight excluding hydrogens is 575 g/mol. The first-order valence-corrected chi connectivity index (χ1v) is 15.3. The topological polar surface area (TPSA) is 89.9 Å². The first-order chi connectivity index (χ1) is 22.6. The second-order valence-electron chi connectivity index (χ2n) is 11.2. The summed E-state index contributed by atoms with van der Waals surface area (Å²) in [6.07, 6.45) is 3.39. The van der Waals surface area contributed by atoms with Crippen LogP contribution in [0.15, 0.2) is 134 Å². The van der Waals surface area contributed by atoms with Gasteiger partial charge in [0.1, 0.15) is 17.2 Å². The Balaban J connectivity index is 1.43. The van der Waals surface area contributed by atoms with Crippen LogP contribution >= 0.6 is 0 Å². The highest BCUT2D eigenvalue weighted by atomic mass is 19.1. The zero-order valence-electron chi connectivity index (χ0n) is 25.2. The molecule has 0 atom stereocenters. The molecule has 1 saturated heterocycles. The summed E-state index contributed by atoms with van der Waals surface area (Å²) in [5.41, 5.74) is 4.68. The maximum absolute atomic E-state index is 16.2. The number of rotatable bonds is 9. The number of morpholine rings is 1. The first-order valence-electron chi connectivity index (χ1n) is 15.3. The fourth-order valence-electron chi connectivity index (χ4n) is 6.17. The minimum absolute atomic E-state index is 0.235. The number of aromatic nitrogens is 3. The number of hydrogen-bond donors (Lipinski definition) is 3. The highest BCUT2D eigenvalue weighted by Crippen LogP contribution is 2.42. The van der Waals surface area contributed by atoms with Crippen LogP contribution < -0.4 is 10.2 Å². The first kappa shape index (κ1) is 29.1. The molecule has 0 radical (unpaired) electrons. The van der Waals surface area contributed by atoms with Gasteiger partial charge >= 0.3 is 0 Å². The Bertz CT molecular complexity index is 1830. The van der Waals surface area contributed by atoms with Crippen LogP contribution in [0.2, 0.25) is 0 Å². The zero-order valence-corrected chi connectivity index (χ0v) is 25.2. The average Bonchev–Trinajstić information content (AvgIpc) is 3.67. The van der Waals surface area contributed by atoms with Crippen LogP contribution in [-0.4, -0.2) is 47.2 Å². The van der Waals surface area contributed by atoms with E-state index in [0.717, 1.165) is 35.6 Å². The molecule has 0 unspecified atom stereocenters. The van der Waals surface area contributed by atoms with E-state index in [0.29, 0.717) is 41.3 Å². The molecular formula is C38H33FN6O. The van der Waals surface area contributed by atoms with Gasteiger partial charge in [0.25, 0.3) is 0 Å². The molecule has 228 valence electrons. The lowest BCUT2D eigenvalue weighted by Gasteiger charge is -2.38. The summed E-state index contributed by atoms with van der Waals surface area (Å²) in [5, 5.41) is 20.4. The van der Waals surface area contributed by atoms with Gasteiger partial charge in [0.05, 0.1) is 24.6 Å². The van der Waals surface area contributed by atoms with Gasteiger partial charge in [-0.3, -0.25) is 10.5 Å². The molecule has 0 saturated carbocycles. The molecule has 0 spiro atoms.